The minimum Gasteiger partial charge on any atom is -0.481 e. The van der Waals surface area contributed by atoms with Gasteiger partial charge in [0, 0.05) is 19.6 Å². The van der Waals surface area contributed by atoms with E-state index in [0.29, 0.717) is 26.1 Å². The number of carboxylic acids is 1. The van der Waals surface area contributed by atoms with E-state index in [1.807, 2.05) is 0 Å². The maximum absolute atomic E-state index is 12.5. The van der Waals surface area contributed by atoms with E-state index >= 15 is 0 Å². The van der Waals surface area contributed by atoms with Gasteiger partial charge in [-0.1, -0.05) is 0 Å². The summed E-state index contributed by atoms with van der Waals surface area (Å²) < 4.78 is 5.35. The molecule has 21 heavy (non-hydrogen) atoms. The Bertz CT molecular complexity index is 428. The summed E-state index contributed by atoms with van der Waals surface area (Å²) in [4.78, 5) is 37.8. The van der Waals surface area contributed by atoms with Gasteiger partial charge < -0.3 is 25.4 Å². The topological polar surface area (TPSA) is 113 Å². The number of likely N-dealkylation sites (tertiary alicyclic amines) is 1. The van der Waals surface area contributed by atoms with Crippen LogP contribution in [0.25, 0.3) is 0 Å². The molecule has 0 radical (unpaired) electrons. The maximum Gasteiger partial charge on any atom is 0.320 e. The predicted octanol–water partition coefficient (Wildman–Crippen LogP) is -0.378. The standard InChI is InChI=1S/C13H21N3O5/c14-12(19)10-3-1-2-4-16(10)13(20)15-5-6-21-9(8-15)7-11(17)18/h9-10H,1-8H2,(H2,14,19)(H,17,18). The molecule has 2 rings (SSSR count). The molecule has 2 saturated heterocycles. The van der Waals surface area contributed by atoms with Crippen molar-refractivity contribution in [1.29, 1.82) is 0 Å². The van der Waals surface area contributed by atoms with Gasteiger partial charge in [-0.15, -0.1) is 0 Å². The maximum atomic E-state index is 12.5. The SMILES string of the molecule is NC(=O)C1CCCCN1C(=O)N1CCOC(CC(=O)O)C1. The molecule has 0 bridgehead atoms. The Labute approximate surface area is 122 Å². The third kappa shape index (κ3) is 3.84. The highest BCUT2D eigenvalue weighted by atomic mass is 16.5. The number of primary amides is 1. The number of nitrogens with two attached hydrogens (primary N) is 1. The Balaban J connectivity index is 2.00. The summed E-state index contributed by atoms with van der Waals surface area (Å²) in [6.07, 6.45) is 1.67. The second kappa shape index (κ2) is 6.75. The zero-order chi connectivity index (χ0) is 15.4. The number of hydrogen-bond acceptors (Lipinski definition) is 4. The van der Waals surface area contributed by atoms with Crippen LogP contribution in [0.5, 0.6) is 0 Å². The van der Waals surface area contributed by atoms with Gasteiger partial charge >= 0.3 is 12.0 Å². The predicted molar refractivity (Wildman–Crippen MR) is 72.5 cm³/mol. The number of carbonyl (C=O) groups is 3. The second-order valence-corrected chi connectivity index (χ2v) is 5.43. The molecule has 0 saturated carbocycles. The Kier molecular flexibility index (Phi) is 5.00. The number of aliphatic carboxylic acids is 1. The van der Waals surface area contributed by atoms with Crippen molar-refractivity contribution in [2.45, 2.75) is 37.8 Å². The van der Waals surface area contributed by atoms with Crippen LogP contribution >= 0.6 is 0 Å². The third-order valence-corrected chi connectivity index (χ3v) is 3.89. The Morgan fingerprint density at radius 2 is 2.00 bits per heavy atom. The molecule has 3 amide bonds. The Hall–Kier alpha value is -1.83. The molecule has 0 aliphatic carbocycles. The van der Waals surface area contributed by atoms with E-state index in [4.69, 9.17) is 15.6 Å². The first-order valence-corrected chi connectivity index (χ1v) is 7.17. The number of morpholine rings is 1. The first-order chi connectivity index (χ1) is 9.99. The van der Waals surface area contributed by atoms with Gasteiger partial charge in [-0.2, -0.15) is 0 Å². The molecule has 118 valence electrons. The van der Waals surface area contributed by atoms with Crippen LogP contribution in [0, 0.1) is 0 Å². The quantitative estimate of drug-likeness (QED) is 0.737. The smallest absolute Gasteiger partial charge is 0.320 e. The summed E-state index contributed by atoms with van der Waals surface area (Å²) >= 11 is 0. The summed E-state index contributed by atoms with van der Waals surface area (Å²) in [5.41, 5.74) is 5.36. The molecule has 2 atom stereocenters. The Morgan fingerprint density at radius 3 is 2.67 bits per heavy atom. The van der Waals surface area contributed by atoms with Gasteiger partial charge in [0.1, 0.15) is 6.04 Å². The van der Waals surface area contributed by atoms with Gasteiger partial charge in [-0.3, -0.25) is 9.59 Å². The van der Waals surface area contributed by atoms with Crippen molar-refractivity contribution in [2.75, 3.05) is 26.2 Å². The molecular formula is C13H21N3O5. The molecule has 0 aromatic rings. The largest absolute Gasteiger partial charge is 0.481 e. The number of urea groups is 1. The molecule has 2 fully saturated rings. The molecule has 2 heterocycles. The number of ether oxygens (including phenoxy) is 1. The van der Waals surface area contributed by atoms with Crippen LogP contribution < -0.4 is 5.73 Å². The van der Waals surface area contributed by atoms with Crippen molar-refractivity contribution < 1.29 is 24.2 Å². The number of piperidine rings is 1. The lowest BCUT2D eigenvalue weighted by Crippen LogP contribution is -2.57. The molecule has 0 aromatic carbocycles. The molecular weight excluding hydrogens is 278 g/mol. The molecule has 0 aromatic heterocycles. The van der Waals surface area contributed by atoms with E-state index in [0.717, 1.165) is 12.8 Å². The second-order valence-electron chi connectivity index (χ2n) is 5.43. The molecule has 0 spiro atoms. The van der Waals surface area contributed by atoms with E-state index in [1.165, 1.54) is 4.90 Å². The highest BCUT2D eigenvalue weighted by Crippen LogP contribution is 2.20. The van der Waals surface area contributed by atoms with Crippen LogP contribution in [0.1, 0.15) is 25.7 Å². The van der Waals surface area contributed by atoms with Crippen LogP contribution in [0.15, 0.2) is 0 Å². The van der Waals surface area contributed by atoms with Gasteiger partial charge in [0.05, 0.1) is 19.1 Å². The van der Waals surface area contributed by atoms with E-state index in [-0.39, 0.29) is 19.0 Å². The summed E-state index contributed by atoms with van der Waals surface area (Å²) in [5, 5.41) is 8.80. The third-order valence-electron chi connectivity index (χ3n) is 3.89. The first-order valence-electron chi connectivity index (χ1n) is 7.17. The summed E-state index contributed by atoms with van der Waals surface area (Å²) in [6.45, 7) is 1.44. The van der Waals surface area contributed by atoms with E-state index < -0.39 is 24.0 Å². The molecule has 2 aliphatic rings. The lowest BCUT2D eigenvalue weighted by atomic mass is 10.0. The minimum atomic E-state index is -0.956. The van der Waals surface area contributed by atoms with Crippen molar-refractivity contribution in [3.05, 3.63) is 0 Å². The zero-order valence-corrected chi connectivity index (χ0v) is 11.9. The summed E-state index contributed by atoms with van der Waals surface area (Å²) in [7, 11) is 0. The van der Waals surface area contributed by atoms with Crippen molar-refractivity contribution in [3.63, 3.8) is 0 Å². The van der Waals surface area contributed by atoms with E-state index in [9.17, 15) is 14.4 Å². The number of carboxylic acid groups (broad SMARTS) is 1. The average Bonchev–Trinajstić information content (AvgIpc) is 2.46. The van der Waals surface area contributed by atoms with Gasteiger partial charge in [-0.05, 0) is 19.3 Å². The number of hydrogen-bond donors (Lipinski definition) is 2. The fraction of sp³-hybridized carbons (Fsp3) is 0.769. The van der Waals surface area contributed by atoms with Gasteiger partial charge in [0.15, 0.2) is 0 Å². The van der Waals surface area contributed by atoms with Crippen LogP contribution in [-0.2, 0) is 14.3 Å². The van der Waals surface area contributed by atoms with E-state index in [1.54, 1.807) is 4.90 Å². The fourth-order valence-electron chi connectivity index (χ4n) is 2.85. The minimum absolute atomic E-state index is 0.136. The molecule has 3 N–H and O–H groups in total. The first kappa shape index (κ1) is 15.6. The average molecular weight is 299 g/mol. The van der Waals surface area contributed by atoms with E-state index in [2.05, 4.69) is 0 Å². The van der Waals surface area contributed by atoms with Crippen LogP contribution in [0.3, 0.4) is 0 Å². The summed E-state index contributed by atoms with van der Waals surface area (Å²) in [6, 6.07) is -0.816. The number of carbonyl (C=O) groups excluding carboxylic acids is 2. The van der Waals surface area contributed by atoms with Crippen LogP contribution in [0.4, 0.5) is 4.79 Å². The molecule has 8 nitrogen and oxygen atoms in total. The number of nitrogens with zero attached hydrogens (tertiary/aromatic N) is 2. The lowest BCUT2D eigenvalue weighted by molar-refractivity contribution is -0.141. The normalized spacial score (nSPS) is 26.5. The zero-order valence-electron chi connectivity index (χ0n) is 11.9. The van der Waals surface area contributed by atoms with Gasteiger partial charge in [0.25, 0.3) is 0 Å². The van der Waals surface area contributed by atoms with Crippen molar-refractivity contribution in [1.82, 2.24) is 9.80 Å². The number of rotatable bonds is 3. The van der Waals surface area contributed by atoms with Crippen molar-refractivity contribution in [2.24, 2.45) is 5.73 Å². The molecule has 2 aliphatic heterocycles. The molecule has 8 heteroatoms. The van der Waals surface area contributed by atoms with Crippen LogP contribution in [-0.4, -0.2) is 71.2 Å². The molecule has 2 unspecified atom stereocenters. The van der Waals surface area contributed by atoms with Gasteiger partial charge in [0.2, 0.25) is 5.91 Å². The monoisotopic (exact) mass is 299 g/mol. The number of amides is 3. The highest BCUT2D eigenvalue weighted by molar-refractivity contribution is 5.86. The van der Waals surface area contributed by atoms with Gasteiger partial charge in [-0.25, -0.2) is 4.79 Å². The fourth-order valence-corrected chi connectivity index (χ4v) is 2.85. The van der Waals surface area contributed by atoms with Crippen LogP contribution in [0.2, 0.25) is 0 Å². The Morgan fingerprint density at radius 1 is 1.24 bits per heavy atom. The van der Waals surface area contributed by atoms with Crippen molar-refractivity contribution >= 4 is 17.9 Å². The summed E-state index contributed by atoms with van der Waals surface area (Å²) in [5.74, 6) is -1.44. The highest BCUT2D eigenvalue weighted by Gasteiger charge is 2.35. The lowest BCUT2D eigenvalue weighted by Gasteiger charge is -2.40. The van der Waals surface area contributed by atoms with Crippen molar-refractivity contribution in [3.8, 4) is 0 Å².